The molecule has 0 bridgehead atoms. The first-order chi connectivity index (χ1) is 33.8. The minimum absolute atomic E-state index is 0.000995. The molecule has 4 aliphatic heterocycles. The van der Waals surface area contributed by atoms with Crippen LogP contribution >= 0.6 is 11.8 Å². The Bertz CT molecular complexity index is 2680. The molecule has 9 rings (SSSR count). The first-order valence-corrected chi connectivity index (χ1v) is 24.8. The Morgan fingerprint density at radius 3 is 2.04 bits per heavy atom. The number of para-hydroxylation sites is 2. The number of carbonyl (C=O) groups excluding carboxylic acids is 2. The van der Waals surface area contributed by atoms with E-state index in [0.29, 0.717) is 103 Å². The average molecular weight is 956 g/mol. The molecule has 0 radical (unpaired) electrons. The highest BCUT2D eigenvalue weighted by Crippen LogP contribution is 2.43. The molecule has 0 unspecified atom stereocenters. The van der Waals surface area contributed by atoms with E-state index < -0.39 is 0 Å². The molecule has 0 fully saturated rings. The van der Waals surface area contributed by atoms with E-state index in [0.717, 1.165) is 52.5 Å². The van der Waals surface area contributed by atoms with Crippen LogP contribution in [0.1, 0.15) is 56.8 Å². The van der Waals surface area contributed by atoms with Crippen molar-refractivity contribution >= 4 is 58.2 Å². The molecule has 362 valence electrons. The molecular weight excluding hydrogens is 895 g/mol. The van der Waals surface area contributed by atoms with E-state index in [9.17, 15) is 9.59 Å². The Balaban J connectivity index is 0.989. The van der Waals surface area contributed by atoms with Crippen LogP contribution in [-0.2, 0) is 40.3 Å². The summed E-state index contributed by atoms with van der Waals surface area (Å²) in [5, 5.41) is 3.89. The Hall–Kier alpha value is -6.26. The number of anilines is 4. The van der Waals surface area contributed by atoms with Crippen molar-refractivity contribution in [1.82, 2.24) is 0 Å². The van der Waals surface area contributed by atoms with Crippen LogP contribution < -0.4 is 39.0 Å². The second-order valence-corrected chi connectivity index (χ2v) is 19.2. The summed E-state index contributed by atoms with van der Waals surface area (Å²) >= 11 is 1.91. The Labute approximate surface area is 408 Å². The number of rotatable bonds is 22. The maximum atomic E-state index is 14.2. The molecule has 0 saturated carbocycles. The number of ether oxygens (including phenoxy) is 7. The third-order valence-corrected chi connectivity index (χ3v) is 14.0. The molecular formula is C54H61N5O9S. The van der Waals surface area contributed by atoms with Gasteiger partial charge in [-0.15, -0.1) is 0 Å². The summed E-state index contributed by atoms with van der Waals surface area (Å²) in [5.41, 5.74) is 9.16. The molecule has 5 aromatic rings. The van der Waals surface area contributed by atoms with Crippen LogP contribution in [0.3, 0.4) is 0 Å². The van der Waals surface area contributed by atoms with Crippen LogP contribution in [0.5, 0.6) is 23.0 Å². The van der Waals surface area contributed by atoms with Gasteiger partial charge in [-0.2, -0.15) is 11.8 Å². The zero-order valence-corrected chi connectivity index (χ0v) is 40.8. The zero-order valence-electron chi connectivity index (χ0n) is 40.0. The Morgan fingerprint density at radius 2 is 1.35 bits per heavy atom. The molecule has 0 aromatic heterocycles. The molecule has 0 spiro atoms. The maximum Gasteiger partial charge on any atom is 0.261 e. The lowest BCUT2D eigenvalue weighted by molar-refractivity contribution is 0.0264. The van der Waals surface area contributed by atoms with E-state index in [1.54, 1.807) is 39.5 Å². The molecule has 4 heterocycles. The number of carbonyl (C=O) groups is 2. The van der Waals surface area contributed by atoms with Gasteiger partial charge in [0.05, 0.1) is 81.8 Å². The number of methoxy groups -OCH3 is 3. The smallest absolute Gasteiger partial charge is 0.261 e. The average Bonchev–Trinajstić information content (AvgIpc) is 3.86. The molecule has 15 heteroatoms. The van der Waals surface area contributed by atoms with Crippen molar-refractivity contribution in [2.75, 3.05) is 99.8 Å². The molecule has 69 heavy (non-hydrogen) atoms. The van der Waals surface area contributed by atoms with Gasteiger partial charge >= 0.3 is 0 Å². The minimum atomic E-state index is -0.178. The zero-order chi connectivity index (χ0) is 47.9. The fourth-order valence-electron chi connectivity index (χ4n) is 9.63. The summed E-state index contributed by atoms with van der Waals surface area (Å²) in [4.78, 5) is 39.2. The van der Waals surface area contributed by atoms with Gasteiger partial charge in [0.2, 0.25) is 0 Å². The lowest BCUT2D eigenvalue weighted by Crippen LogP contribution is -2.39. The van der Waals surface area contributed by atoms with Crippen LogP contribution in [0, 0.1) is 0 Å². The predicted molar refractivity (Wildman–Crippen MR) is 273 cm³/mol. The van der Waals surface area contributed by atoms with Crippen molar-refractivity contribution in [3.05, 3.63) is 124 Å². The van der Waals surface area contributed by atoms with E-state index in [1.165, 1.54) is 5.56 Å². The highest BCUT2D eigenvalue weighted by molar-refractivity contribution is 7.99. The van der Waals surface area contributed by atoms with E-state index in [4.69, 9.17) is 38.2 Å². The van der Waals surface area contributed by atoms with Crippen LogP contribution in [0.4, 0.5) is 28.4 Å². The van der Waals surface area contributed by atoms with E-state index >= 15 is 0 Å². The standard InChI is InChI=1S/C54H61N5O9S/c1-6-69-35(2)32-57(15-16-65-19-20-66-18-17-62-3)40-22-36(33-67-51-28-45-43(26-49(51)63-4)53(60)58-41(30-55-45)24-38-11-7-9-13-47(38)58)21-37(23-40)34-68-52-29-46-44(27-50(52)64-5)54(61)59-42(31-56-46)25-39-12-8-10-14-48(39)59/h7-14,21-23,26-30,35,41-42,56H,6,15-20,24-25,31-34H2,1-5H3/t35-,41-,42-/m0/s1. The Morgan fingerprint density at radius 1 is 0.725 bits per heavy atom. The number of aliphatic imine (C=N–C) groups is 1. The highest BCUT2D eigenvalue weighted by atomic mass is 32.2. The van der Waals surface area contributed by atoms with Gasteiger partial charge in [-0.25, -0.2) is 0 Å². The first kappa shape index (κ1) is 47.8. The number of hydrogen-bond acceptors (Lipinski definition) is 13. The maximum absolute atomic E-state index is 14.2. The molecule has 0 aliphatic carbocycles. The second kappa shape index (κ2) is 22.0. The molecule has 4 aliphatic rings. The lowest BCUT2D eigenvalue weighted by Gasteiger charge is -2.29. The molecule has 1 N–H and O–H groups in total. The summed E-state index contributed by atoms with van der Waals surface area (Å²) in [5.74, 6) is 2.69. The van der Waals surface area contributed by atoms with Crippen molar-refractivity contribution in [3.8, 4) is 23.0 Å². The van der Waals surface area contributed by atoms with E-state index in [2.05, 4.69) is 54.4 Å². The highest BCUT2D eigenvalue weighted by Gasteiger charge is 2.39. The number of thioether (sulfide) groups is 1. The van der Waals surface area contributed by atoms with Crippen molar-refractivity contribution in [2.45, 2.75) is 57.2 Å². The lowest BCUT2D eigenvalue weighted by atomic mass is 10.1. The summed E-state index contributed by atoms with van der Waals surface area (Å²) in [6, 6.07) is 29.5. The molecule has 5 aromatic carbocycles. The SMILES string of the molecule is CCS[C@@H](C)CN(CCOCCOCCOC)c1cc(COc2cc3c(cc2OC)C(=O)N2c4ccccc4C[C@H]2C=N3)cc(COc2cc3c(cc2OC)C(=O)N2c4ccccc4C[C@H]2CN3)c1. The monoisotopic (exact) mass is 955 g/mol. The summed E-state index contributed by atoms with van der Waals surface area (Å²) in [7, 11) is 4.83. The van der Waals surface area contributed by atoms with Gasteiger partial charge in [-0.05, 0) is 76.9 Å². The number of nitrogens with one attached hydrogen (secondary N) is 1. The van der Waals surface area contributed by atoms with Crippen LogP contribution in [-0.4, -0.2) is 115 Å². The summed E-state index contributed by atoms with van der Waals surface area (Å²) in [6.45, 7) is 9.37. The van der Waals surface area contributed by atoms with Gasteiger partial charge in [0, 0.05) is 73.8 Å². The topological polar surface area (TPSA) is 133 Å². The van der Waals surface area contributed by atoms with Gasteiger partial charge in [-0.1, -0.05) is 50.2 Å². The van der Waals surface area contributed by atoms with E-state index in [1.807, 2.05) is 70.2 Å². The third kappa shape index (κ3) is 10.5. The molecule has 0 saturated heterocycles. The normalized spacial score (nSPS) is 16.8. The van der Waals surface area contributed by atoms with E-state index in [-0.39, 0.29) is 37.1 Å². The fraction of sp³-hybridized carbons (Fsp3) is 0.389. The van der Waals surface area contributed by atoms with Gasteiger partial charge in [-0.3, -0.25) is 19.5 Å². The number of benzene rings is 5. The number of hydrogen-bond donors (Lipinski definition) is 1. The third-order valence-electron chi connectivity index (χ3n) is 12.9. The van der Waals surface area contributed by atoms with Crippen LogP contribution in [0.25, 0.3) is 0 Å². The first-order valence-electron chi connectivity index (χ1n) is 23.7. The number of amides is 2. The fourth-order valence-corrected chi connectivity index (χ4v) is 10.5. The summed E-state index contributed by atoms with van der Waals surface area (Å²) < 4.78 is 41.8. The van der Waals surface area contributed by atoms with Gasteiger partial charge in [0.25, 0.3) is 11.8 Å². The number of fused-ring (bicyclic) bond motifs is 8. The molecule has 14 nitrogen and oxygen atoms in total. The van der Waals surface area contributed by atoms with Crippen molar-refractivity contribution < 1.29 is 42.7 Å². The number of nitrogens with zero attached hydrogens (tertiary/aromatic N) is 4. The van der Waals surface area contributed by atoms with Crippen LogP contribution in [0.15, 0.2) is 96.0 Å². The molecule has 3 atom stereocenters. The van der Waals surface area contributed by atoms with Gasteiger partial charge in [0.1, 0.15) is 13.2 Å². The Kier molecular flexibility index (Phi) is 15.2. The molecule has 2 amide bonds. The minimum Gasteiger partial charge on any atom is -0.493 e. The van der Waals surface area contributed by atoms with Crippen molar-refractivity contribution in [3.63, 3.8) is 0 Å². The quantitative estimate of drug-likeness (QED) is 0.0666. The van der Waals surface area contributed by atoms with Gasteiger partial charge < -0.3 is 48.3 Å². The summed E-state index contributed by atoms with van der Waals surface area (Å²) in [6.07, 6.45) is 3.35. The van der Waals surface area contributed by atoms with Crippen molar-refractivity contribution in [2.24, 2.45) is 4.99 Å². The van der Waals surface area contributed by atoms with Crippen LogP contribution in [0.2, 0.25) is 0 Å². The second-order valence-electron chi connectivity index (χ2n) is 17.5. The van der Waals surface area contributed by atoms with Gasteiger partial charge in [0.15, 0.2) is 23.0 Å². The van der Waals surface area contributed by atoms with Crippen molar-refractivity contribution in [1.29, 1.82) is 0 Å². The predicted octanol–water partition coefficient (Wildman–Crippen LogP) is 8.77. The largest absolute Gasteiger partial charge is 0.493 e.